The molecule has 2 heterocycles. The van der Waals surface area contributed by atoms with Gasteiger partial charge in [-0.15, -0.1) is 0 Å². The highest BCUT2D eigenvalue weighted by Crippen LogP contribution is 2.04. The molecule has 0 saturated carbocycles. The van der Waals surface area contributed by atoms with Gasteiger partial charge >= 0.3 is 0 Å². The molecule has 0 aliphatic carbocycles. The normalized spacial score (nSPS) is 23.0. The van der Waals surface area contributed by atoms with Crippen LogP contribution in [0, 0.1) is 0 Å². The summed E-state index contributed by atoms with van der Waals surface area (Å²) in [4.78, 5) is 0. The molecule has 0 spiro atoms. The van der Waals surface area contributed by atoms with Gasteiger partial charge in [0, 0.05) is 18.7 Å². The Hall–Kier alpha value is -1.13. The molecule has 4 nitrogen and oxygen atoms in total. The molecule has 1 aromatic rings. The lowest BCUT2D eigenvalue weighted by Crippen LogP contribution is -2.40. The number of nitrogens with one attached hydrogen (secondary N) is 1. The highest BCUT2D eigenvalue weighted by atomic mass is 16.5. The highest BCUT2D eigenvalue weighted by Gasteiger charge is 2.10. The van der Waals surface area contributed by atoms with Gasteiger partial charge < -0.3 is 14.6 Å². The predicted molar refractivity (Wildman–Crippen MR) is 52.8 cm³/mol. The third kappa shape index (κ3) is 2.68. The summed E-state index contributed by atoms with van der Waals surface area (Å²) in [6.07, 6.45) is 6.61. The maximum Gasteiger partial charge on any atom is 0.159 e. The standard InChI is InChI=1S/C10H14N2O2/c1(3-10-4-5-12-14-10)2-9-8-13-7-6-11-9/h1,3-5,9,11H,2,6-8H2/b3-1-. The fourth-order valence-electron chi connectivity index (χ4n) is 1.43. The van der Waals surface area contributed by atoms with Crippen LogP contribution in [0.1, 0.15) is 12.2 Å². The lowest BCUT2D eigenvalue weighted by atomic mass is 10.2. The molecule has 1 aliphatic heterocycles. The first kappa shape index (κ1) is 9.43. The molecular weight excluding hydrogens is 180 g/mol. The van der Waals surface area contributed by atoms with Crippen LogP contribution in [0.2, 0.25) is 0 Å². The molecule has 1 atom stereocenters. The molecule has 0 bridgehead atoms. The van der Waals surface area contributed by atoms with Gasteiger partial charge in [-0.05, 0) is 12.5 Å². The van der Waals surface area contributed by atoms with Crippen LogP contribution in [-0.2, 0) is 4.74 Å². The Morgan fingerprint density at radius 1 is 1.64 bits per heavy atom. The molecule has 1 aliphatic rings. The SMILES string of the molecule is C(=C/c1ccno1)/CC1COCCN1. The minimum atomic E-state index is 0.433. The van der Waals surface area contributed by atoms with Crippen molar-refractivity contribution in [1.82, 2.24) is 10.5 Å². The summed E-state index contributed by atoms with van der Waals surface area (Å²) >= 11 is 0. The average Bonchev–Trinajstić information content (AvgIpc) is 2.72. The number of rotatable bonds is 3. The summed E-state index contributed by atoms with van der Waals surface area (Å²) in [5.74, 6) is 0.793. The number of hydrogen-bond donors (Lipinski definition) is 1. The van der Waals surface area contributed by atoms with Gasteiger partial charge in [0.25, 0.3) is 0 Å². The number of hydrogen-bond acceptors (Lipinski definition) is 4. The van der Waals surface area contributed by atoms with Crippen LogP contribution in [0.4, 0.5) is 0 Å². The van der Waals surface area contributed by atoms with Crippen LogP contribution in [-0.4, -0.2) is 31.0 Å². The number of aromatic nitrogens is 1. The van der Waals surface area contributed by atoms with E-state index in [1.807, 2.05) is 12.1 Å². The second-order valence-electron chi connectivity index (χ2n) is 3.28. The van der Waals surface area contributed by atoms with Crippen LogP contribution >= 0.6 is 0 Å². The zero-order valence-electron chi connectivity index (χ0n) is 7.98. The molecule has 1 saturated heterocycles. The Balaban J connectivity index is 1.76. The summed E-state index contributed by atoms with van der Waals surface area (Å²) in [5, 5.41) is 7.00. The van der Waals surface area contributed by atoms with Gasteiger partial charge in [0.05, 0.1) is 19.4 Å². The van der Waals surface area contributed by atoms with E-state index >= 15 is 0 Å². The van der Waals surface area contributed by atoms with E-state index < -0.39 is 0 Å². The zero-order chi connectivity index (χ0) is 9.64. The van der Waals surface area contributed by atoms with Crippen LogP contribution < -0.4 is 5.32 Å². The average molecular weight is 194 g/mol. The molecule has 1 fully saturated rings. The van der Waals surface area contributed by atoms with E-state index in [2.05, 4.69) is 16.5 Å². The quantitative estimate of drug-likeness (QED) is 0.781. The minimum Gasteiger partial charge on any atom is -0.379 e. The van der Waals surface area contributed by atoms with Crippen molar-refractivity contribution >= 4 is 6.08 Å². The summed E-state index contributed by atoms with van der Waals surface area (Å²) in [5.41, 5.74) is 0. The maximum absolute atomic E-state index is 5.34. The smallest absolute Gasteiger partial charge is 0.159 e. The van der Waals surface area contributed by atoms with Crippen molar-refractivity contribution in [1.29, 1.82) is 0 Å². The van der Waals surface area contributed by atoms with Gasteiger partial charge in [-0.25, -0.2) is 0 Å². The Kier molecular flexibility index (Phi) is 3.32. The van der Waals surface area contributed by atoms with Crippen molar-refractivity contribution in [3.63, 3.8) is 0 Å². The summed E-state index contributed by atoms with van der Waals surface area (Å²) < 4.78 is 10.3. The molecule has 0 radical (unpaired) electrons. The Morgan fingerprint density at radius 3 is 3.36 bits per heavy atom. The largest absolute Gasteiger partial charge is 0.379 e. The molecule has 76 valence electrons. The summed E-state index contributed by atoms with van der Waals surface area (Å²) in [6.45, 7) is 2.56. The van der Waals surface area contributed by atoms with Crippen LogP contribution in [0.15, 0.2) is 22.9 Å². The fourth-order valence-corrected chi connectivity index (χ4v) is 1.43. The molecule has 14 heavy (non-hydrogen) atoms. The first-order chi connectivity index (χ1) is 6.95. The number of nitrogens with zero attached hydrogens (tertiary/aromatic N) is 1. The van der Waals surface area contributed by atoms with E-state index in [1.54, 1.807) is 6.20 Å². The first-order valence-corrected chi connectivity index (χ1v) is 4.83. The summed E-state index contributed by atoms with van der Waals surface area (Å²) in [7, 11) is 0. The van der Waals surface area contributed by atoms with E-state index in [1.165, 1.54) is 0 Å². The highest BCUT2D eigenvalue weighted by molar-refractivity contribution is 5.41. The van der Waals surface area contributed by atoms with Gasteiger partial charge in [-0.1, -0.05) is 11.2 Å². The molecule has 2 rings (SSSR count). The van der Waals surface area contributed by atoms with E-state index in [4.69, 9.17) is 9.26 Å². The maximum atomic E-state index is 5.34. The van der Waals surface area contributed by atoms with Crippen LogP contribution in [0.25, 0.3) is 6.08 Å². The van der Waals surface area contributed by atoms with E-state index in [9.17, 15) is 0 Å². The molecule has 1 aromatic heterocycles. The molecule has 1 N–H and O–H groups in total. The fraction of sp³-hybridized carbons (Fsp3) is 0.500. The van der Waals surface area contributed by atoms with E-state index in [-0.39, 0.29) is 0 Å². The van der Waals surface area contributed by atoms with Crippen molar-refractivity contribution in [2.45, 2.75) is 12.5 Å². The Bertz CT molecular complexity index is 276. The van der Waals surface area contributed by atoms with Gasteiger partial charge in [0.2, 0.25) is 0 Å². The molecule has 1 unspecified atom stereocenters. The summed E-state index contributed by atoms with van der Waals surface area (Å²) in [6, 6.07) is 2.27. The zero-order valence-corrected chi connectivity index (χ0v) is 7.98. The van der Waals surface area contributed by atoms with Crippen LogP contribution in [0.5, 0.6) is 0 Å². The van der Waals surface area contributed by atoms with Gasteiger partial charge in [-0.3, -0.25) is 0 Å². The first-order valence-electron chi connectivity index (χ1n) is 4.83. The minimum absolute atomic E-state index is 0.433. The molecule has 0 aromatic carbocycles. The van der Waals surface area contributed by atoms with Crippen LogP contribution in [0.3, 0.4) is 0 Å². The number of ether oxygens (including phenoxy) is 1. The van der Waals surface area contributed by atoms with E-state index in [0.717, 1.165) is 31.9 Å². The molecular formula is C10H14N2O2. The Labute approximate surface area is 82.9 Å². The van der Waals surface area contributed by atoms with Crippen molar-refractivity contribution in [2.75, 3.05) is 19.8 Å². The van der Waals surface area contributed by atoms with Gasteiger partial charge in [0.1, 0.15) is 0 Å². The Morgan fingerprint density at radius 2 is 2.64 bits per heavy atom. The second kappa shape index (κ2) is 4.93. The van der Waals surface area contributed by atoms with Crippen molar-refractivity contribution in [3.05, 3.63) is 24.1 Å². The molecule has 0 amide bonds. The lowest BCUT2D eigenvalue weighted by Gasteiger charge is -2.22. The predicted octanol–water partition coefficient (Wildman–Crippen LogP) is 1.07. The van der Waals surface area contributed by atoms with E-state index in [0.29, 0.717) is 6.04 Å². The lowest BCUT2D eigenvalue weighted by molar-refractivity contribution is 0.0778. The van der Waals surface area contributed by atoms with Crippen molar-refractivity contribution in [2.24, 2.45) is 0 Å². The third-order valence-corrected chi connectivity index (χ3v) is 2.16. The second-order valence-corrected chi connectivity index (χ2v) is 3.28. The molecule has 4 heteroatoms. The van der Waals surface area contributed by atoms with Crippen molar-refractivity contribution < 1.29 is 9.26 Å². The topological polar surface area (TPSA) is 47.3 Å². The monoisotopic (exact) mass is 194 g/mol. The number of morpholine rings is 1. The van der Waals surface area contributed by atoms with Crippen molar-refractivity contribution in [3.8, 4) is 0 Å². The van der Waals surface area contributed by atoms with Gasteiger partial charge in [0.15, 0.2) is 5.76 Å². The third-order valence-electron chi connectivity index (χ3n) is 2.16. The van der Waals surface area contributed by atoms with Gasteiger partial charge in [-0.2, -0.15) is 0 Å².